The molecule has 1 aromatic heterocycles. The highest BCUT2D eigenvalue weighted by Gasteiger charge is 2.07. The number of aliphatic carboxylic acids is 1. The Morgan fingerprint density at radius 2 is 2.29 bits per heavy atom. The third-order valence-corrected chi connectivity index (χ3v) is 4.48. The van der Waals surface area contributed by atoms with Gasteiger partial charge in [0.25, 0.3) is 0 Å². The Morgan fingerprint density at radius 1 is 1.53 bits per heavy atom. The standard InChI is InChI=1S/C12H17NO2S2/c1-3-7-16-8-11-13-9(4-2)10(17-11)5-6-12(14)15/h5-6H,3-4,7-8H2,1-2H3,(H,14,15)/b6-5+. The molecule has 0 fully saturated rings. The summed E-state index contributed by atoms with van der Waals surface area (Å²) in [4.78, 5) is 16.0. The quantitative estimate of drug-likeness (QED) is 0.609. The summed E-state index contributed by atoms with van der Waals surface area (Å²) in [5.41, 5.74) is 1.000. The Hall–Kier alpha value is -0.810. The van der Waals surface area contributed by atoms with Crippen molar-refractivity contribution in [2.45, 2.75) is 32.4 Å². The number of thioether (sulfide) groups is 1. The van der Waals surface area contributed by atoms with Crippen LogP contribution < -0.4 is 0 Å². The average molecular weight is 271 g/mol. The fraction of sp³-hybridized carbons (Fsp3) is 0.500. The molecular formula is C12H17NO2S2. The van der Waals surface area contributed by atoms with E-state index < -0.39 is 5.97 Å². The summed E-state index contributed by atoms with van der Waals surface area (Å²) in [5, 5.41) is 9.70. The van der Waals surface area contributed by atoms with Gasteiger partial charge in [0.05, 0.1) is 10.6 Å². The van der Waals surface area contributed by atoms with Crippen molar-refractivity contribution in [3.05, 3.63) is 21.7 Å². The smallest absolute Gasteiger partial charge is 0.328 e. The lowest BCUT2D eigenvalue weighted by Gasteiger charge is -1.93. The number of nitrogens with zero attached hydrogens (tertiary/aromatic N) is 1. The van der Waals surface area contributed by atoms with Crippen LogP contribution in [0.3, 0.4) is 0 Å². The number of carbonyl (C=O) groups is 1. The third kappa shape index (κ3) is 4.91. The maximum absolute atomic E-state index is 10.5. The molecule has 0 atom stereocenters. The number of carboxylic acids is 1. The van der Waals surface area contributed by atoms with Crippen LogP contribution in [0.5, 0.6) is 0 Å². The molecule has 0 aliphatic heterocycles. The maximum atomic E-state index is 10.5. The molecule has 0 radical (unpaired) electrons. The molecule has 0 unspecified atom stereocenters. The molecule has 0 aliphatic carbocycles. The van der Waals surface area contributed by atoms with Gasteiger partial charge in [0.2, 0.25) is 0 Å². The van der Waals surface area contributed by atoms with Crippen LogP contribution in [0.4, 0.5) is 0 Å². The predicted octanol–water partition coefficient (Wildman–Crippen LogP) is 3.45. The van der Waals surface area contributed by atoms with Gasteiger partial charge in [-0.1, -0.05) is 13.8 Å². The van der Waals surface area contributed by atoms with Crippen molar-refractivity contribution >= 4 is 35.1 Å². The number of hydrogen-bond donors (Lipinski definition) is 1. The van der Waals surface area contributed by atoms with Gasteiger partial charge in [-0.15, -0.1) is 11.3 Å². The summed E-state index contributed by atoms with van der Waals surface area (Å²) in [6, 6.07) is 0. The Morgan fingerprint density at radius 3 is 2.88 bits per heavy atom. The first-order valence-corrected chi connectivity index (χ1v) is 7.61. The molecule has 3 nitrogen and oxygen atoms in total. The Bertz CT molecular complexity index is 399. The molecule has 1 heterocycles. The van der Waals surface area contributed by atoms with Crippen LogP contribution in [-0.4, -0.2) is 21.8 Å². The van der Waals surface area contributed by atoms with Gasteiger partial charge in [0.1, 0.15) is 5.01 Å². The van der Waals surface area contributed by atoms with E-state index >= 15 is 0 Å². The van der Waals surface area contributed by atoms with Crippen molar-refractivity contribution < 1.29 is 9.90 Å². The second-order valence-corrected chi connectivity index (χ2v) is 5.72. The van der Waals surface area contributed by atoms with Gasteiger partial charge in [0, 0.05) is 11.8 Å². The lowest BCUT2D eigenvalue weighted by atomic mass is 10.3. The predicted molar refractivity (Wildman–Crippen MR) is 74.6 cm³/mol. The molecule has 0 aromatic carbocycles. The van der Waals surface area contributed by atoms with Crippen molar-refractivity contribution in [2.75, 3.05) is 5.75 Å². The molecule has 1 aromatic rings. The second kappa shape index (κ2) is 7.50. The van der Waals surface area contributed by atoms with Crippen LogP contribution in [0.2, 0.25) is 0 Å². The molecule has 0 saturated heterocycles. The lowest BCUT2D eigenvalue weighted by molar-refractivity contribution is -0.131. The first-order valence-electron chi connectivity index (χ1n) is 5.64. The summed E-state index contributed by atoms with van der Waals surface area (Å²) < 4.78 is 0. The number of hydrogen-bond acceptors (Lipinski definition) is 4. The molecule has 17 heavy (non-hydrogen) atoms. The van der Waals surface area contributed by atoms with Gasteiger partial charge >= 0.3 is 5.97 Å². The molecule has 94 valence electrons. The maximum Gasteiger partial charge on any atom is 0.328 e. The normalized spacial score (nSPS) is 11.2. The van der Waals surface area contributed by atoms with Crippen molar-refractivity contribution in [3.63, 3.8) is 0 Å². The topological polar surface area (TPSA) is 50.2 Å². The molecular weight excluding hydrogens is 254 g/mol. The number of rotatable bonds is 7. The second-order valence-electron chi connectivity index (χ2n) is 3.50. The molecule has 0 spiro atoms. The van der Waals surface area contributed by atoms with Gasteiger partial charge in [-0.05, 0) is 24.7 Å². The van der Waals surface area contributed by atoms with Crippen molar-refractivity contribution in [1.82, 2.24) is 4.98 Å². The van der Waals surface area contributed by atoms with Gasteiger partial charge in [-0.2, -0.15) is 11.8 Å². The summed E-state index contributed by atoms with van der Waals surface area (Å²) in [6.07, 6.45) is 4.83. The van der Waals surface area contributed by atoms with E-state index in [1.165, 1.54) is 12.5 Å². The highest BCUT2D eigenvalue weighted by molar-refractivity contribution is 7.98. The number of carboxylic acid groups (broad SMARTS) is 1. The Kier molecular flexibility index (Phi) is 6.29. The fourth-order valence-electron chi connectivity index (χ4n) is 1.31. The summed E-state index contributed by atoms with van der Waals surface area (Å²) in [6.45, 7) is 4.20. The van der Waals surface area contributed by atoms with Crippen LogP contribution in [0, 0.1) is 0 Å². The van der Waals surface area contributed by atoms with Gasteiger partial charge in [-0.25, -0.2) is 9.78 Å². The van der Waals surface area contributed by atoms with Crippen molar-refractivity contribution in [3.8, 4) is 0 Å². The molecule has 0 saturated carbocycles. The van der Waals surface area contributed by atoms with E-state index in [-0.39, 0.29) is 0 Å². The molecule has 0 amide bonds. The number of aromatic nitrogens is 1. The van der Waals surface area contributed by atoms with Crippen LogP contribution in [0.15, 0.2) is 6.08 Å². The zero-order valence-corrected chi connectivity index (χ0v) is 11.7. The summed E-state index contributed by atoms with van der Waals surface area (Å²) in [7, 11) is 0. The highest BCUT2D eigenvalue weighted by atomic mass is 32.2. The van der Waals surface area contributed by atoms with E-state index in [9.17, 15) is 4.79 Å². The van der Waals surface area contributed by atoms with E-state index in [1.807, 2.05) is 18.7 Å². The van der Waals surface area contributed by atoms with Gasteiger partial charge < -0.3 is 5.11 Å². The monoisotopic (exact) mass is 271 g/mol. The SMILES string of the molecule is CCCSCc1nc(CC)c(/C=C/C(=O)O)s1. The van der Waals surface area contributed by atoms with E-state index in [1.54, 1.807) is 17.4 Å². The summed E-state index contributed by atoms with van der Waals surface area (Å²) in [5.74, 6) is 1.15. The van der Waals surface area contributed by atoms with Crippen LogP contribution >= 0.6 is 23.1 Å². The van der Waals surface area contributed by atoms with E-state index in [4.69, 9.17) is 5.11 Å². The van der Waals surface area contributed by atoms with Gasteiger partial charge in [0.15, 0.2) is 0 Å². The number of thiazole rings is 1. The zero-order valence-electron chi connectivity index (χ0n) is 10.1. The minimum Gasteiger partial charge on any atom is -0.478 e. The molecule has 1 rings (SSSR count). The van der Waals surface area contributed by atoms with Crippen molar-refractivity contribution in [1.29, 1.82) is 0 Å². The molecule has 0 aliphatic rings. The first kappa shape index (κ1) is 14.3. The minimum atomic E-state index is -0.914. The third-order valence-electron chi connectivity index (χ3n) is 2.06. The van der Waals surface area contributed by atoms with Crippen LogP contribution in [0.25, 0.3) is 6.08 Å². The fourth-order valence-corrected chi connectivity index (χ4v) is 3.32. The van der Waals surface area contributed by atoms with Crippen LogP contribution in [0.1, 0.15) is 35.8 Å². The van der Waals surface area contributed by atoms with E-state index in [2.05, 4.69) is 11.9 Å². The first-order chi connectivity index (χ1) is 8.17. The Labute approximate surface area is 110 Å². The van der Waals surface area contributed by atoms with Crippen LogP contribution in [-0.2, 0) is 17.0 Å². The van der Waals surface area contributed by atoms with E-state index in [0.717, 1.165) is 33.5 Å². The highest BCUT2D eigenvalue weighted by Crippen LogP contribution is 2.24. The largest absolute Gasteiger partial charge is 0.478 e. The number of aryl methyl sites for hydroxylation is 1. The average Bonchev–Trinajstić information content (AvgIpc) is 2.69. The zero-order chi connectivity index (χ0) is 12.7. The lowest BCUT2D eigenvalue weighted by Crippen LogP contribution is -1.87. The summed E-state index contributed by atoms with van der Waals surface area (Å²) >= 11 is 3.47. The minimum absolute atomic E-state index is 0.842. The molecule has 0 bridgehead atoms. The van der Waals surface area contributed by atoms with Crippen molar-refractivity contribution in [2.24, 2.45) is 0 Å². The molecule has 1 N–H and O–H groups in total. The van der Waals surface area contributed by atoms with Gasteiger partial charge in [-0.3, -0.25) is 0 Å². The van der Waals surface area contributed by atoms with E-state index in [0.29, 0.717) is 0 Å². The molecule has 5 heteroatoms. The Balaban J connectivity index is 2.72.